The maximum Gasteiger partial charge on any atom is 0.129 e. The van der Waals surface area contributed by atoms with Crippen molar-refractivity contribution in [3.05, 3.63) is 46.4 Å². The van der Waals surface area contributed by atoms with E-state index in [1.54, 1.807) is 0 Å². The van der Waals surface area contributed by atoms with Crippen molar-refractivity contribution in [3.63, 3.8) is 0 Å². The van der Waals surface area contributed by atoms with Crippen LogP contribution in [-0.2, 0) is 0 Å². The number of benzene rings is 2. The van der Waals surface area contributed by atoms with Crippen molar-refractivity contribution >= 4 is 43.4 Å². The van der Waals surface area contributed by atoms with Gasteiger partial charge in [0, 0.05) is 22.3 Å². The number of aromatic nitrogens is 1. The minimum Gasteiger partial charge on any atom is -0.373 e. The minimum atomic E-state index is 0.940. The summed E-state index contributed by atoms with van der Waals surface area (Å²) in [6, 6.07) is 12.6. The lowest BCUT2D eigenvalue weighted by molar-refractivity contribution is 1.29. The molecule has 0 unspecified atom stereocenters. The van der Waals surface area contributed by atoms with E-state index in [1.807, 2.05) is 13.1 Å². The molecule has 0 aliphatic carbocycles. The van der Waals surface area contributed by atoms with Crippen molar-refractivity contribution in [2.45, 2.75) is 6.92 Å². The molecule has 2 nitrogen and oxygen atoms in total. The number of halogens is 1. The lowest BCUT2D eigenvalue weighted by Crippen LogP contribution is -1.96. The molecule has 0 fully saturated rings. The van der Waals surface area contributed by atoms with Crippen LogP contribution in [0.1, 0.15) is 5.56 Å². The summed E-state index contributed by atoms with van der Waals surface area (Å²) in [5, 5.41) is 6.68. The predicted octanol–water partition coefficient (Wildman–Crippen LogP) is 4.50. The van der Waals surface area contributed by atoms with E-state index in [-0.39, 0.29) is 0 Å². The monoisotopic (exact) mass is 300 g/mol. The first kappa shape index (κ1) is 11.5. The van der Waals surface area contributed by atoms with Gasteiger partial charge in [0.25, 0.3) is 0 Å². The molecule has 1 heterocycles. The zero-order chi connectivity index (χ0) is 12.7. The Kier molecular flexibility index (Phi) is 2.71. The van der Waals surface area contributed by atoms with Gasteiger partial charge in [-0.2, -0.15) is 0 Å². The first-order chi connectivity index (χ1) is 8.70. The number of fused-ring (bicyclic) bond motifs is 3. The molecule has 1 N–H and O–H groups in total. The van der Waals surface area contributed by atoms with Crippen LogP contribution in [0.2, 0.25) is 0 Å². The lowest BCUT2D eigenvalue weighted by atomic mass is 10.0. The number of nitrogens with zero attached hydrogens (tertiary/aromatic N) is 1. The highest BCUT2D eigenvalue weighted by atomic mass is 79.9. The third-order valence-corrected chi connectivity index (χ3v) is 3.86. The Morgan fingerprint density at radius 3 is 2.56 bits per heavy atom. The molecular formula is C15H13BrN2. The molecular weight excluding hydrogens is 288 g/mol. The van der Waals surface area contributed by atoms with E-state index in [0.29, 0.717) is 0 Å². The second-order valence-corrected chi connectivity index (χ2v) is 5.23. The normalized spacial score (nSPS) is 11.1. The molecule has 0 atom stereocenters. The molecule has 0 saturated heterocycles. The molecule has 0 radical (unpaired) electrons. The molecule has 0 aliphatic rings. The van der Waals surface area contributed by atoms with Gasteiger partial charge in [0.05, 0.1) is 5.52 Å². The summed E-state index contributed by atoms with van der Waals surface area (Å²) >= 11 is 3.63. The Bertz CT molecular complexity index is 750. The summed E-state index contributed by atoms with van der Waals surface area (Å²) in [4.78, 5) is 4.73. The van der Waals surface area contributed by atoms with Crippen molar-refractivity contribution < 1.29 is 0 Å². The van der Waals surface area contributed by atoms with E-state index in [9.17, 15) is 0 Å². The van der Waals surface area contributed by atoms with E-state index in [0.717, 1.165) is 26.8 Å². The van der Waals surface area contributed by atoms with Crippen LogP contribution in [0.3, 0.4) is 0 Å². The maximum atomic E-state index is 4.73. The number of anilines is 1. The fourth-order valence-electron chi connectivity index (χ4n) is 2.33. The van der Waals surface area contributed by atoms with Gasteiger partial charge in [0.15, 0.2) is 0 Å². The highest BCUT2D eigenvalue weighted by Gasteiger charge is 2.08. The average molecular weight is 301 g/mol. The fourth-order valence-corrected chi connectivity index (χ4v) is 2.92. The molecule has 0 spiro atoms. The molecule has 3 rings (SSSR count). The van der Waals surface area contributed by atoms with Crippen molar-refractivity contribution in [1.82, 2.24) is 4.98 Å². The van der Waals surface area contributed by atoms with Crippen LogP contribution in [-0.4, -0.2) is 12.0 Å². The quantitative estimate of drug-likeness (QED) is 0.669. The van der Waals surface area contributed by atoms with Crippen molar-refractivity contribution in [2.75, 3.05) is 12.4 Å². The van der Waals surface area contributed by atoms with Crippen LogP contribution < -0.4 is 5.32 Å². The molecule has 2 aromatic carbocycles. The van der Waals surface area contributed by atoms with Gasteiger partial charge in [-0.05, 0) is 30.0 Å². The standard InChI is InChI=1S/C15H13BrN2/c1-9-7-10-8-13(16)11-5-3-4-6-12(11)14(10)18-15(9)17-2/h3-8H,1-2H3,(H,17,18). The molecule has 3 aromatic rings. The van der Waals surface area contributed by atoms with E-state index >= 15 is 0 Å². The van der Waals surface area contributed by atoms with Crippen molar-refractivity contribution in [1.29, 1.82) is 0 Å². The largest absolute Gasteiger partial charge is 0.373 e. The van der Waals surface area contributed by atoms with E-state index < -0.39 is 0 Å². The number of hydrogen-bond donors (Lipinski definition) is 1. The molecule has 0 saturated carbocycles. The van der Waals surface area contributed by atoms with Gasteiger partial charge in [0.1, 0.15) is 5.82 Å². The maximum absolute atomic E-state index is 4.73. The highest BCUT2D eigenvalue weighted by Crippen LogP contribution is 2.32. The molecule has 0 amide bonds. The predicted molar refractivity (Wildman–Crippen MR) is 81.2 cm³/mol. The molecule has 0 aliphatic heterocycles. The van der Waals surface area contributed by atoms with Crippen LogP contribution in [0.5, 0.6) is 0 Å². The van der Waals surface area contributed by atoms with E-state index in [1.165, 1.54) is 10.8 Å². The van der Waals surface area contributed by atoms with Gasteiger partial charge in [-0.25, -0.2) is 4.98 Å². The summed E-state index contributed by atoms with van der Waals surface area (Å²) in [5.41, 5.74) is 2.20. The zero-order valence-corrected chi connectivity index (χ0v) is 11.9. The molecule has 0 bridgehead atoms. The second kappa shape index (κ2) is 4.25. The number of nitrogens with one attached hydrogen (secondary N) is 1. The Balaban J connectivity index is 2.52. The van der Waals surface area contributed by atoms with E-state index in [4.69, 9.17) is 4.98 Å². The number of pyridine rings is 1. The summed E-state index contributed by atoms with van der Waals surface area (Å²) < 4.78 is 1.11. The molecule has 90 valence electrons. The third kappa shape index (κ3) is 1.66. The first-order valence-electron chi connectivity index (χ1n) is 5.87. The van der Waals surface area contributed by atoms with Crippen molar-refractivity contribution in [3.8, 4) is 0 Å². The second-order valence-electron chi connectivity index (χ2n) is 4.38. The van der Waals surface area contributed by atoms with Gasteiger partial charge >= 0.3 is 0 Å². The Labute approximate surface area is 114 Å². The smallest absolute Gasteiger partial charge is 0.129 e. The van der Waals surface area contributed by atoms with Crippen LogP contribution >= 0.6 is 15.9 Å². The van der Waals surface area contributed by atoms with Crippen LogP contribution in [0, 0.1) is 6.92 Å². The first-order valence-corrected chi connectivity index (χ1v) is 6.66. The van der Waals surface area contributed by atoms with Gasteiger partial charge in [-0.15, -0.1) is 0 Å². The minimum absolute atomic E-state index is 0.940. The van der Waals surface area contributed by atoms with Crippen LogP contribution in [0.4, 0.5) is 5.82 Å². The molecule has 18 heavy (non-hydrogen) atoms. The van der Waals surface area contributed by atoms with Gasteiger partial charge < -0.3 is 5.32 Å². The summed E-state index contributed by atoms with van der Waals surface area (Å²) in [7, 11) is 1.90. The van der Waals surface area contributed by atoms with E-state index in [2.05, 4.69) is 58.5 Å². The zero-order valence-electron chi connectivity index (χ0n) is 10.3. The highest BCUT2D eigenvalue weighted by molar-refractivity contribution is 9.10. The number of hydrogen-bond acceptors (Lipinski definition) is 2. The Morgan fingerprint density at radius 2 is 1.83 bits per heavy atom. The summed E-state index contributed by atoms with van der Waals surface area (Å²) in [5.74, 6) is 0.940. The SMILES string of the molecule is CNc1nc2c(cc1C)cc(Br)c1ccccc12. The summed E-state index contributed by atoms with van der Waals surface area (Å²) in [6.45, 7) is 2.07. The Morgan fingerprint density at radius 1 is 1.11 bits per heavy atom. The van der Waals surface area contributed by atoms with Gasteiger partial charge in [-0.1, -0.05) is 40.2 Å². The topological polar surface area (TPSA) is 24.9 Å². The van der Waals surface area contributed by atoms with Gasteiger partial charge in [-0.3, -0.25) is 0 Å². The number of rotatable bonds is 1. The Hall–Kier alpha value is -1.61. The lowest BCUT2D eigenvalue weighted by Gasteiger charge is -2.10. The molecule has 3 heteroatoms. The third-order valence-electron chi connectivity index (χ3n) is 3.20. The van der Waals surface area contributed by atoms with Crippen molar-refractivity contribution in [2.24, 2.45) is 0 Å². The van der Waals surface area contributed by atoms with Gasteiger partial charge in [0.2, 0.25) is 0 Å². The summed E-state index contributed by atoms with van der Waals surface area (Å²) in [6.07, 6.45) is 0. The fraction of sp³-hybridized carbons (Fsp3) is 0.133. The average Bonchev–Trinajstić information content (AvgIpc) is 2.38. The number of aryl methyl sites for hydroxylation is 1. The van der Waals surface area contributed by atoms with Crippen LogP contribution in [0.15, 0.2) is 40.9 Å². The molecule has 1 aromatic heterocycles. The van der Waals surface area contributed by atoms with Crippen LogP contribution in [0.25, 0.3) is 21.7 Å².